The number of anilines is 1. The molecule has 1 heterocycles. The maximum Gasteiger partial charge on any atom is 0.321 e. The maximum atomic E-state index is 12.1. The summed E-state index contributed by atoms with van der Waals surface area (Å²) in [6, 6.07) is -0.387. The van der Waals surface area contributed by atoms with Gasteiger partial charge in [-0.1, -0.05) is 27.7 Å². The third-order valence-corrected chi connectivity index (χ3v) is 5.71. The first-order chi connectivity index (χ1) is 10.6. The van der Waals surface area contributed by atoms with Crippen molar-refractivity contribution < 1.29 is 14.7 Å². The molecule has 1 saturated carbocycles. The van der Waals surface area contributed by atoms with Crippen LogP contribution < -0.4 is 10.6 Å². The lowest BCUT2D eigenvalue weighted by molar-refractivity contribution is -0.160. The predicted molar refractivity (Wildman–Crippen MR) is 90.8 cm³/mol. The molecular weight excluding hydrogens is 314 g/mol. The zero-order valence-corrected chi connectivity index (χ0v) is 15.0. The first kappa shape index (κ1) is 17.7. The van der Waals surface area contributed by atoms with E-state index in [9.17, 15) is 14.7 Å². The molecule has 0 aromatic carbocycles. The van der Waals surface area contributed by atoms with Gasteiger partial charge in [-0.15, -0.1) is 11.3 Å². The van der Waals surface area contributed by atoms with Crippen LogP contribution in [0.1, 0.15) is 52.7 Å². The van der Waals surface area contributed by atoms with Crippen LogP contribution in [0.25, 0.3) is 0 Å². The minimum atomic E-state index is -0.757. The van der Waals surface area contributed by atoms with Gasteiger partial charge < -0.3 is 10.4 Å². The molecule has 2 amide bonds. The smallest absolute Gasteiger partial charge is 0.321 e. The molecule has 0 aliphatic heterocycles. The van der Waals surface area contributed by atoms with Gasteiger partial charge in [0.1, 0.15) is 0 Å². The highest BCUT2D eigenvalue weighted by Crippen LogP contribution is 2.52. The average Bonchev–Trinajstić information content (AvgIpc) is 2.85. The molecule has 3 N–H and O–H groups in total. The van der Waals surface area contributed by atoms with Gasteiger partial charge in [0.05, 0.1) is 11.6 Å². The summed E-state index contributed by atoms with van der Waals surface area (Å²) in [6.07, 6.45) is 0.596. The SMILES string of the molecule is CC(C)c1csc(NC(=O)NC(C)[C@@H]2C[C@H](C(=O)O)C2(C)C)n1. The second kappa shape index (κ2) is 6.47. The Balaban J connectivity index is 1.89. The van der Waals surface area contributed by atoms with E-state index in [-0.39, 0.29) is 29.3 Å². The van der Waals surface area contributed by atoms with Crippen LogP contribution in [0, 0.1) is 17.3 Å². The number of hydrogen-bond donors (Lipinski definition) is 3. The number of thiazole rings is 1. The number of carbonyl (C=O) groups is 2. The van der Waals surface area contributed by atoms with Gasteiger partial charge in [0.2, 0.25) is 0 Å². The standard InChI is InChI=1S/C16H25N3O3S/c1-8(2)12-7-23-15(18-12)19-14(22)17-9(3)10-6-11(13(20)21)16(10,4)5/h7-11H,6H2,1-5H3,(H,20,21)(H2,17,18,19,22)/t9?,10-,11+/m0/s1. The monoisotopic (exact) mass is 339 g/mol. The van der Waals surface area contributed by atoms with Gasteiger partial charge in [0, 0.05) is 11.4 Å². The summed E-state index contributed by atoms with van der Waals surface area (Å²) in [5, 5.41) is 17.4. The van der Waals surface area contributed by atoms with E-state index in [0.29, 0.717) is 17.5 Å². The third-order valence-electron chi connectivity index (χ3n) is 4.94. The normalized spacial score (nSPS) is 23.9. The topological polar surface area (TPSA) is 91.3 Å². The molecule has 0 spiro atoms. The van der Waals surface area contributed by atoms with E-state index in [2.05, 4.69) is 29.5 Å². The highest BCUT2D eigenvalue weighted by molar-refractivity contribution is 7.13. The predicted octanol–water partition coefficient (Wildman–Crippen LogP) is 3.52. The Labute approximate surface area is 140 Å². The van der Waals surface area contributed by atoms with E-state index in [4.69, 9.17) is 0 Å². The van der Waals surface area contributed by atoms with E-state index >= 15 is 0 Å². The molecule has 0 radical (unpaired) electrons. The molecule has 0 saturated heterocycles. The van der Waals surface area contributed by atoms with Crippen LogP contribution in [-0.4, -0.2) is 28.1 Å². The molecule has 0 bridgehead atoms. The Bertz CT molecular complexity index is 597. The Hall–Kier alpha value is -1.63. The summed E-state index contributed by atoms with van der Waals surface area (Å²) in [6.45, 7) is 9.93. The fraction of sp³-hybridized carbons (Fsp3) is 0.688. The van der Waals surface area contributed by atoms with Crippen molar-refractivity contribution in [3.05, 3.63) is 11.1 Å². The molecule has 3 atom stereocenters. The molecule has 1 aliphatic carbocycles. The number of nitrogens with zero attached hydrogens (tertiary/aromatic N) is 1. The van der Waals surface area contributed by atoms with E-state index in [1.807, 2.05) is 26.2 Å². The van der Waals surface area contributed by atoms with Gasteiger partial charge in [-0.3, -0.25) is 10.1 Å². The van der Waals surface area contributed by atoms with E-state index in [1.165, 1.54) is 11.3 Å². The van der Waals surface area contributed by atoms with Crippen molar-refractivity contribution in [2.45, 2.75) is 53.0 Å². The van der Waals surface area contributed by atoms with Crippen LogP contribution in [0.15, 0.2) is 5.38 Å². The fourth-order valence-electron chi connectivity index (χ4n) is 3.28. The lowest BCUT2D eigenvalue weighted by atomic mass is 9.53. The Kier molecular flexibility index (Phi) is 4.98. The van der Waals surface area contributed by atoms with Crippen molar-refractivity contribution in [1.82, 2.24) is 10.3 Å². The third kappa shape index (κ3) is 3.65. The quantitative estimate of drug-likeness (QED) is 0.765. The summed E-state index contributed by atoms with van der Waals surface area (Å²) in [4.78, 5) is 27.6. The van der Waals surface area contributed by atoms with Gasteiger partial charge in [0.15, 0.2) is 5.13 Å². The van der Waals surface area contributed by atoms with Crippen molar-refractivity contribution in [1.29, 1.82) is 0 Å². The number of nitrogens with one attached hydrogen (secondary N) is 2. The van der Waals surface area contributed by atoms with Crippen LogP contribution in [0.3, 0.4) is 0 Å². The van der Waals surface area contributed by atoms with E-state index in [0.717, 1.165) is 5.69 Å². The maximum absolute atomic E-state index is 12.1. The Morgan fingerprint density at radius 2 is 2.04 bits per heavy atom. The van der Waals surface area contributed by atoms with Gasteiger partial charge >= 0.3 is 12.0 Å². The number of urea groups is 1. The highest BCUT2D eigenvalue weighted by atomic mass is 32.1. The zero-order valence-electron chi connectivity index (χ0n) is 14.2. The first-order valence-corrected chi connectivity index (χ1v) is 8.76. The number of amides is 2. The Morgan fingerprint density at radius 3 is 2.52 bits per heavy atom. The van der Waals surface area contributed by atoms with Gasteiger partial charge in [0.25, 0.3) is 0 Å². The molecule has 23 heavy (non-hydrogen) atoms. The lowest BCUT2D eigenvalue weighted by Crippen LogP contribution is -2.57. The summed E-state index contributed by atoms with van der Waals surface area (Å²) >= 11 is 1.40. The molecule has 1 aliphatic rings. The van der Waals surface area contributed by atoms with Crippen molar-refractivity contribution in [2.24, 2.45) is 17.3 Å². The number of carbonyl (C=O) groups excluding carboxylic acids is 1. The molecule has 1 aromatic rings. The summed E-state index contributed by atoms with van der Waals surface area (Å²) in [5.74, 6) is -0.622. The molecule has 6 nitrogen and oxygen atoms in total. The van der Waals surface area contributed by atoms with Crippen LogP contribution in [0.4, 0.5) is 9.93 Å². The summed E-state index contributed by atoms with van der Waals surface area (Å²) in [7, 11) is 0. The fourth-order valence-corrected chi connectivity index (χ4v) is 4.14. The van der Waals surface area contributed by atoms with Gasteiger partial charge in [-0.25, -0.2) is 9.78 Å². The average molecular weight is 339 g/mol. The van der Waals surface area contributed by atoms with E-state index in [1.54, 1.807) is 0 Å². The minimum Gasteiger partial charge on any atom is -0.481 e. The second-order valence-electron chi connectivity index (χ2n) is 7.17. The van der Waals surface area contributed by atoms with Crippen LogP contribution in [0.2, 0.25) is 0 Å². The van der Waals surface area contributed by atoms with Crippen molar-refractivity contribution >= 4 is 28.5 Å². The summed E-state index contributed by atoms with van der Waals surface area (Å²) < 4.78 is 0. The minimum absolute atomic E-state index is 0.0925. The number of aromatic nitrogens is 1. The largest absolute Gasteiger partial charge is 0.481 e. The first-order valence-electron chi connectivity index (χ1n) is 7.88. The highest BCUT2D eigenvalue weighted by Gasteiger charge is 2.53. The molecule has 1 unspecified atom stereocenters. The van der Waals surface area contributed by atoms with Crippen molar-refractivity contribution in [3.63, 3.8) is 0 Å². The van der Waals surface area contributed by atoms with Crippen molar-refractivity contribution in [3.8, 4) is 0 Å². The lowest BCUT2D eigenvalue weighted by Gasteiger charge is -2.52. The van der Waals surface area contributed by atoms with Gasteiger partial charge in [-0.2, -0.15) is 0 Å². The molecule has 2 rings (SSSR count). The molecule has 128 valence electrons. The molecular formula is C16H25N3O3S. The van der Waals surface area contributed by atoms with Gasteiger partial charge in [-0.05, 0) is 30.6 Å². The summed E-state index contributed by atoms with van der Waals surface area (Å²) in [5.41, 5.74) is 0.646. The van der Waals surface area contributed by atoms with Crippen LogP contribution in [-0.2, 0) is 4.79 Å². The number of aliphatic carboxylic acids is 1. The zero-order chi connectivity index (χ0) is 17.4. The van der Waals surface area contributed by atoms with Crippen LogP contribution >= 0.6 is 11.3 Å². The number of carboxylic acids is 1. The second-order valence-corrected chi connectivity index (χ2v) is 8.03. The van der Waals surface area contributed by atoms with Crippen LogP contribution in [0.5, 0.6) is 0 Å². The van der Waals surface area contributed by atoms with Crippen molar-refractivity contribution in [2.75, 3.05) is 5.32 Å². The number of rotatable bonds is 5. The number of carboxylic acid groups (broad SMARTS) is 1. The molecule has 1 aromatic heterocycles. The van der Waals surface area contributed by atoms with E-state index < -0.39 is 5.97 Å². The molecule has 1 fully saturated rings. The Morgan fingerprint density at radius 1 is 1.39 bits per heavy atom. The number of hydrogen-bond acceptors (Lipinski definition) is 4. The molecule has 7 heteroatoms.